The van der Waals surface area contributed by atoms with Crippen molar-refractivity contribution in [3.8, 4) is 17.2 Å². The summed E-state index contributed by atoms with van der Waals surface area (Å²) in [4.78, 5) is 25.6. The third-order valence-electron chi connectivity index (χ3n) is 4.27. The van der Waals surface area contributed by atoms with E-state index in [4.69, 9.17) is 0 Å². The molecule has 0 saturated heterocycles. The number of nitrogens with zero attached hydrogens (tertiary/aromatic N) is 6. The van der Waals surface area contributed by atoms with Crippen LogP contribution >= 0.6 is 0 Å². The molecule has 9 nitrogen and oxygen atoms in total. The fourth-order valence-electron chi connectivity index (χ4n) is 2.59. The number of aromatic nitrogens is 3. The molecule has 0 amide bonds. The molecular formula is C24H18N6O3. The molecule has 0 fully saturated rings. The van der Waals surface area contributed by atoms with Crippen molar-refractivity contribution >= 4 is 36.5 Å². The van der Waals surface area contributed by atoms with Gasteiger partial charge in [0.05, 0.1) is 0 Å². The highest BCUT2D eigenvalue weighted by Crippen LogP contribution is 2.18. The molecule has 0 atom stereocenters. The van der Waals surface area contributed by atoms with E-state index >= 15 is 0 Å². The second kappa shape index (κ2) is 9.92. The van der Waals surface area contributed by atoms with Crippen LogP contribution in [0.4, 0.5) is 17.8 Å². The Hall–Kier alpha value is -4.92. The van der Waals surface area contributed by atoms with Crippen molar-refractivity contribution in [2.24, 2.45) is 15.0 Å². The lowest BCUT2D eigenvalue weighted by Crippen LogP contribution is -1.91. The topological polar surface area (TPSA) is 136 Å². The largest absolute Gasteiger partial charge is 0.508 e. The van der Waals surface area contributed by atoms with Gasteiger partial charge in [0.1, 0.15) is 17.2 Å². The highest BCUT2D eigenvalue weighted by atomic mass is 16.3. The van der Waals surface area contributed by atoms with E-state index in [9.17, 15) is 15.3 Å². The Kier molecular flexibility index (Phi) is 6.41. The number of hydrogen-bond acceptors (Lipinski definition) is 9. The van der Waals surface area contributed by atoms with Gasteiger partial charge in [-0.05, 0) is 89.5 Å². The Balaban J connectivity index is 1.64. The zero-order valence-electron chi connectivity index (χ0n) is 17.2. The summed E-state index contributed by atoms with van der Waals surface area (Å²) in [6.07, 6.45) is 4.65. The van der Waals surface area contributed by atoms with Gasteiger partial charge in [0.25, 0.3) is 17.8 Å². The molecular weight excluding hydrogens is 420 g/mol. The van der Waals surface area contributed by atoms with Gasteiger partial charge in [-0.1, -0.05) is 0 Å². The van der Waals surface area contributed by atoms with Crippen molar-refractivity contribution in [3.63, 3.8) is 0 Å². The Bertz CT molecular complexity index is 1140. The lowest BCUT2D eigenvalue weighted by atomic mass is 10.2. The first-order valence-corrected chi connectivity index (χ1v) is 9.79. The molecule has 0 spiro atoms. The van der Waals surface area contributed by atoms with Crippen molar-refractivity contribution in [3.05, 3.63) is 89.5 Å². The second-order valence-corrected chi connectivity index (χ2v) is 6.78. The van der Waals surface area contributed by atoms with E-state index in [1.807, 2.05) is 0 Å². The molecule has 0 aliphatic rings. The fraction of sp³-hybridized carbons (Fsp3) is 0. The van der Waals surface area contributed by atoms with E-state index in [1.54, 1.807) is 91.4 Å². The maximum absolute atomic E-state index is 9.41. The van der Waals surface area contributed by atoms with Crippen LogP contribution in [0.5, 0.6) is 17.2 Å². The first-order valence-electron chi connectivity index (χ1n) is 9.79. The van der Waals surface area contributed by atoms with E-state index in [0.717, 1.165) is 16.7 Å². The van der Waals surface area contributed by atoms with Crippen LogP contribution in [0.3, 0.4) is 0 Å². The normalized spacial score (nSPS) is 11.6. The van der Waals surface area contributed by atoms with Crippen molar-refractivity contribution in [1.82, 2.24) is 15.0 Å². The second-order valence-electron chi connectivity index (χ2n) is 6.78. The van der Waals surface area contributed by atoms with E-state index < -0.39 is 0 Å². The van der Waals surface area contributed by atoms with Crippen LogP contribution in [0.1, 0.15) is 16.7 Å². The molecule has 1 aromatic heterocycles. The van der Waals surface area contributed by atoms with Crippen molar-refractivity contribution in [2.45, 2.75) is 0 Å². The third-order valence-corrected chi connectivity index (χ3v) is 4.27. The molecule has 1 heterocycles. The molecule has 3 aromatic carbocycles. The number of rotatable bonds is 6. The van der Waals surface area contributed by atoms with Crippen LogP contribution in [-0.2, 0) is 0 Å². The molecule has 4 rings (SSSR count). The first kappa shape index (κ1) is 21.3. The van der Waals surface area contributed by atoms with E-state index in [-0.39, 0.29) is 35.1 Å². The molecule has 0 aliphatic heterocycles. The molecule has 0 radical (unpaired) electrons. The van der Waals surface area contributed by atoms with Gasteiger partial charge in [-0.3, -0.25) is 0 Å². The van der Waals surface area contributed by atoms with E-state index in [1.165, 1.54) is 0 Å². The summed E-state index contributed by atoms with van der Waals surface area (Å²) in [6, 6.07) is 19.5. The minimum atomic E-state index is 0.105. The molecule has 3 N–H and O–H groups in total. The molecule has 0 unspecified atom stereocenters. The molecule has 33 heavy (non-hydrogen) atoms. The monoisotopic (exact) mass is 438 g/mol. The summed E-state index contributed by atoms with van der Waals surface area (Å²) in [5, 5.41) is 28.2. The molecule has 0 aliphatic carbocycles. The Morgan fingerprint density at radius 1 is 0.424 bits per heavy atom. The molecule has 9 heteroatoms. The van der Waals surface area contributed by atoms with Crippen LogP contribution < -0.4 is 0 Å². The van der Waals surface area contributed by atoms with Crippen molar-refractivity contribution in [2.75, 3.05) is 0 Å². The summed E-state index contributed by atoms with van der Waals surface area (Å²) in [6.45, 7) is 0. The van der Waals surface area contributed by atoms with Crippen LogP contribution in [0.25, 0.3) is 0 Å². The number of hydrogen-bond donors (Lipinski definition) is 3. The van der Waals surface area contributed by atoms with E-state index in [2.05, 4.69) is 29.9 Å². The van der Waals surface area contributed by atoms with Crippen LogP contribution in [0, 0.1) is 0 Å². The standard InChI is InChI=1S/C24H18N6O3/c31-19-7-1-16(2-8-19)13-25-22-28-23(26-14-17-3-9-20(32)10-4-17)30-24(29-22)27-15-18-5-11-21(33)12-6-18/h1-15,31-33H/b25-13+,26-14+,27-15+. The van der Waals surface area contributed by atoms with Gasteiger partial charge < -0.3 is 15.3 Å². The molecule has 0 saturated carbocycles. The van der Waals surface area contributed by atoms with Crippen LogP contribution in [-0.4, -0.2) is 48.9 Å². The maximum Gasteiger partial charge on any atom is 0.256 e. The Morgan fingerprint density at radius 2 is 0.667 bits per heavy atom. The lowest BCUT2D eigenvalue weighted by Gasteiger charge is -1.99. The SMILES string of the molecule is Oc1ccc(/C=N/c2nc(/N=C/c3ccc(O)cc3)nc(/N=C/c3ccc(O)cc3)n2)cc1. The predicted octanol–water partition coefficient (Wildman–Crippen LogP) is 4.24. The average molecular weight is 438 g/mol. The number of phenolic OH excluding ortho intramolecular Hbond substituents is 3. The van der Waals surface area contributed by atoms with Gasteiger partial charge in [0.2, 0.25) is 0 Å². The summed E-state index contributed by atoms with van der Waals surface area (Å²) < 4.78 is 0. The van der Waals surface area contributed by atoms with Crippen LogP contribution in [0.15, 0.2) is 87.8 Å². The average Bonchev–Trinajstić information content (AvgIpc) is 2.83. The van der Waals surface area contributed by atoms with Gasteiger partial charge in [-0.25, -0.2) is 15.0 Å². The molecule has 4 aromatic rings. The number of aliphatic imine (C=N–C) groups is 3. The van der Waals surface area contributed by atoms with Gasteiger partial charge >= 0.3 is 0 Å². The lowest BCUT2D eigenvalue weighted by molar-refractivity contribution is 0.475. The highest BCUT2D eigenvalue weighted by Gasteiger charge is 2.04. The predicted molar refractivity (Wildman–Crippen MR) is 126 cm³/mol. The molecule has 162 valence electrons. The summed E-state index contributed by atoms with van der Waals surface area (Å²) in [7, 11) is 0. The molecule has 0 bridgehead atoms. The summed E-state index contributed by atoms with van der Waals surface area (Å²) in [5.74, 6) is 0.786. The zero-order chi connectivity index (χ0) is 23.0. The third kappa shape index (κ3) is 6.28. The number of benzene rings is 3. The van der Waals surface area contributed by atoms with E-state index in [0.29, 0.717) is 0 Å². The maximum atomic E-state index is 9.41. The fourth-order valence-corrected chi connectivity index (χ4v) is 2.59. The van der Waals surface area contributed by atoms with Gasteiger partial charge in [0, 0.05) is 18.6 Å². The van der Waals surface area contributed by atoms with Crippen molar-refractivity contribution in [1.29, 1.82) is 0 Å². The van der Waals surface area contributed by atoms with Gasteiger partial charge in [-0.2, -0.15) is 15.0 Å². The summed E-state index contributed by atoms with van der Waals surface area (Å²) >= 11 is 0. The van der Waals surface area contributed by atoms with Crippen molar-refractivity contribution < 1.29 is 15.3 Å². The zero-order valence-corrected chi connectivity index (χ0v) is 17.2. The Labute approximate surface area is 188 Å². The highest BCUT2D eigenvalue weighted by molar-refractivity contribution is 5.83. The van der Waals surface area contributed by atoms with Gasteiger partial charge in [-0.15, -0.1) is 0 Å². The first-order chi connectivity index (χ1) is 16.0. The number of phenols is 3. The smallest absolute Gasteiger partial charge is 0.256 e. The van der Waals surface area contributed by atoms with Crippen LogP contribution in [0.2, 0.25) is 0 Å². The number of aromatic hydroxyl groups is 3. The van der Waals surface area contributed by atoms with Gasteiger partial charge in [0.15, 0.2) is 0 Å². The quantitative estimate of drug-likeness (QED) is 0.385. The minimum absolute atomic E-state index is 0.105. The summed E-state index contributed by atoms with van der Waals surface area (Å²) in [5.41, 5.74) is 2.24. The Morgan fingerprint density at radius 3 is 0.909 bits per heavy atom. The minimum Gasteiger partial charge on any atom is -0.508 e.